The molecule has 0 N–H and O–H groups in total. The number of hydrogen-bond donors (Lipinski definition) is 0. The van der Waals surface area contributed by atoms with E-state index in [1.165, 1.54) is 25.7 Å². The van der Waals surface area contributed by atoms with Crippen molar-refractivity contribution in [3.05, 3.63) is 29.2 Å². The molecule has 0 saturated carbocycles. The standard InChI is InChI=1S/C12H17.2BrH.Zr/c1-9(2)12-7-10-5-3-4-6-11(10)8-12;;;/h7-9H,3-6H2,1-2H3;2*1H;/q;;;+2/p-2. The van der Waals surface area contributed by atoms with E-state index in [1.807, 2.05) is 0 Å². The molecule has 0 aromatic heterocycles. The molecule has 0 unspecified atom stereocenters. The van der Waals surface area contributed by atoms with Crippen molar-refractivity contribution in [2.24, 2.45) is 5.92 Å². The van der Waals surface area contributed by atoms with Gasteiger partial charge in [0.15, 0.2) is 0 Å². The van der Waals surface area contributed by atoms with Crippen molar-refractivity contribution in [1.29, 1.82) is 0 Å². The summed E-state index contributed by atoms with van der Waals surface area (Å²) in [5.41, 5.74) is 4.80. The zero-order valence-electron chi connectivity index (χ0n) is 9.32. The average molecular weight is 412 g/mol. The molecule has 0 aromatic rings. The van der Waals surface area contributed by atoms with Gasteiger partial charge in [0, 0.05) is 6.42 Å². The Kier molecular flexibility index (Phi) is 7.30. The fraction of sp³-hybridized carbons (Fsp3) is 0.583. The SMILES string of the molecule is CC(C)C1=CC2=C([CH]1)CCCC2.[Br][Zr][Br]. The van der Waals surface area contributed by atoms with Crippen LogP contribution < -0.4 is 0 Å². The predicted octanol–water partition coefficient (Wildman–Crippen LogP) is 5.35. The zero-order valence-corrected chi connectivity index (χ0v) is 14.9. The molecule has 3 heteroatoms. The Morgan fingerprint density at radius 2 is 1.67 bits per heavy atom. The molecule has 0 nitrogen and oxygen atoms in total. The second-order valence-corrected chi connectivity index (χ2v) is 15.6. The van der Waals surface area contributed by atoms with E-state index in [0.717, 1.165) is 0 Å². The van der Waals surface area contributed by atoms with E-state index < -0.39 is 0 Å². The molecule has 0 amide bonds. The summed E-state index contributed by atoms with van der Waals surface area (Å²) in [5, 5.41) is 0. The van der Waals surface area contributed by atoms with Crippen LogP contribution in [0.5, 0.6) is 0 Å². The number of halogens is 2. The third-order valence-electron chi connectivity index (χ3n) is 2.90. The van der Waals surface area contributed by atoms with Gasteiger partial charge in [-0.2, -0.15) is 0 Å². The van der Waals surface area contributed by atoms with Gasteiger partial charge in [0.2, 0.25) is 0 Å². The monoisotopic (exact) mass is 409 g/mol. The third-order valence-corrected chi connectivity index (χ3v) is 2.90. The Morgan fingerprint density at radius 3 is 2.13 bits per heavy atom. The summed E-state index contributed by atoms with van der Waals surface area (Å²) >= 11 is 6.32. The summed E-state index contributed by atoms with van der Waals surface area (Å²) in [6, 6.07) is 0. The molecule has 0 spiro atoms. The van der Waals surface area contributed by atoms with Crippen LogP contribution in [0.4, 0.5) is 0 Å². The summed E-state index contributed by atoms with van der Waals surface area (Å²) in [4.78, 5) is 0. The molecule has 0 fully saturated rings. The van der Waals surface area contributed by atoms with Gasteiger partial charge in [0.25, 0.3) is 0 Å². The fourth-order valence-corrected chi connectivity index (χ4v) is 2.06. The van der Waals surface area contributed by atoms with Gasteiger partial charge in [0.05, 0.1) is 0 Å². The van der Waals surface area contributed by atoms with Crippen LogP contribution in [0, 0.1) is 12.3 Å². The van der Waals surface area contributed by atoms with Crippen molar-refractivity contribution in [3.63, 3.8) is 0 Å². The van der Waals surface area contributed by atoms with Crippen molar-refractivity contribution in [2.75, 3.05) is 0 Å². The Balaban J connectivity index is 0.000000337. The molecule has 0 saturated heterocycles. The molecule has 0 bridgehead atoms. The zero-order chi connectivity index (χ0) is 11.3. The average Bonchev–Trinajstić information content (AvgIpc) is 2.62. The van der Waals surface area contributed by atoms with Crippen LogP contribution in [0.3, 0.4) is 0 Å². The summed E-state index contributed by atoms with van der Waals surface area (Å²) in [5.74, 6) is 0.704. The van der Waals surface area contributed by atoms with E-state index >= 15 is 0 Å². The van der Waals surface area contributed by atoms with Gasteiger partial charge in [-0.25, -0.2) is 0 Å². The van der Waals surface area contributed by atoms with Crippen LogP contribution in [0.15, 0.2) is 22.8 Å². The van der Waals surface area contributed by atoms with Gasteiger partial charge < -0.3 is 0 Å². The number of allylic oxidation sites excluding steroid dienone is 4. The first-order chi connectivity index (χ1) is 7.19. The predicted molar refractivity (Wildman–Crippen MR) is 70.6 cm³/mol. The van der Waals surface area contributed by atoms with Gasteiger partial charge in [-0.3, -0.25) is 0 Å². The topological polar surface area (TPSA) is 0 Å². The van der Waals surface area contributed by atoms with Crippen LogP contribution in [0.25, 0.3) is 0 Å². The van der Waals surface area contributed by atoms with Crippen molar-refractivity contribution in [2.45, 2.75) is 39.5 Å². The minimum absolute atomic E-state index is 0.145. The van der Waals surface area contributed by atoms with Crippen LogP contribution in [0.1, 0.15) is 39.5 Å². The van der Waals surface area contributed by atoms with Gasteiger partial charge in [-0.05, 0) is 37.2 Å². The quantitative estimate of drug-likeness (QED) is 0.545. The van der Waals surface area contributed by atoms with E-state index in [1.54, 1.807) is 16.7 Å². The van der Waals surface area contributed by atoms with Crippen LogP contribution in [-0.4, -0.2) is 0 Å². The molecule has 1 radical (unpaired) electrons. The molecular formula is C12H17Br2Zr. The normalized spacial score (nSPS) is 19.4. The van der Waals surface area contributed by atoms with E-state index in [0.29, 0.717) is 5.92 Å². The van der Waals surface area contributed by atoms with Crippen molar-refractivity contribution < 1.29 is 18.5 Å². The molecule has 0 heterocycles. The maximum atomic E-state index is 3.23. The number of rotatable bonds is 1. The van der Waals surface area contributed by atoms with Gasteiger partial charge in [0.1, 0.15) is 0 Å². The van der Waals surface area contributed by atoms with Crippen LogP contribution in [0.2, 0.25) is 0 Å². The molecule has 2 rings (SSSR count). The molecular weight excluding hydrogens is 395 g/mol. The molecule has 83 valence electrons. The van der Waals surface area contributed by atoms with Gasteiger partial charge in [-0.1, -0.05) is 31.1 Å². The molecule has 2 aliphatic carbocycles. The maximum absolute atomic E-state index is 3.23. The second-order valence-electron chi connectivity index (χ2n) is 4.27. The van der Waals surface area contributed by atoms with Crippen molar-refractivity contribution in [1.82, 2.24) is 0 Å². The van der Waals surface area contributed by atoms with E-state index in [-0.39, 0.29) is 18.5 Å². The Bertz CT molecular complexity index is 267. The molecule has 0 aliphatic heterocycles. The first-order valence-corrected chi connectivity index (χ1v) is 16.7. The van der Waals surface area contributed by atoms with E-state index in [4.69, 9.17) is 0 Å². The summed E-state index contributed by atoms with van der Waals surface area (Å²) < 4.78 is 0. The Morgan fingerprint density at radius 1 is 1.13 bits per heavy atom. The molecule has 2 aliphatic rings. The molecule has 0 aromatic carbocycles. The van der Waals surface area contributed by atoms with Crippen LogP contribution in [-0.2, 0) is 18.5 Å². The fourth-order valence-electron chi connectivity index (χ4n) is 2.06. The number of hydrogen-bond acceptors (Lipinski definition) is 0. The van der Waals surface area contributed by atoms with E-state index in [2.05, 4.69) is 50.8 Å². The van der Waals surface area contributed by atoms with E-state index in [9.17, 15) is 0 Å². The Hall–Kier alpha value is 1.32. The van der Waals surface area contributed by atoms with Crippen molar-refractivity contribution in [3.8, 4) is 0 Å². The minimum atomic E-state index is -0.145. The first-order valence-electron chi connectivity index (χ1n) is 5.43. The van der Waals surface area contributed by atoms with Gasteiger partial charge in [-0.15, -0.1) is 0 Å². The Labute approximate surface area is 116 Å². The molecule has 0 atom stereocenters. The summed E-state index contributed by atoms with van der Waals surface area (Å²) in [6.07, 6.45) is 10.3. The molecule has 15 heavy (non-hydrogen) atoms. The summed E-state index contributed by atoms with van der Waals surface area (Å²) in [6.45, 7) is 4.56. The van der Waals surface area contributed by atoms with Gasteiger partial charge >= 0.3 is 43.0 Å². The third kappa shape index (κ3) is 4.60. The summed E-state index contributed by atoms with van der Waals surface area (Å²) in [7, 11) is 0. The second kappa shape index (κ2) is 7.61. The van der Waals surface area contributed by atoms with Crippen molar-refractivity contribution >= 4 is 24.4 Å². The van der Waals surface area contributed by atoms with Crippen LogP contribution >= 0.6 is 24.4 Å². The first kappa shape index (κ1) is 14.4.